The van der Waals surface area contributed by atoms with Crippen LogP contribution in [0.25, 0.3) is 11.1 Å². The molecule has 0 aromatic heterocycles. The third-order valence-electron chi connectivity index (χ3n) is 5.32. The molecule has 0 unspecified atom stereocenters. The molecule has 0 saturated carbocycles. The summed E-state index contributed by atoms with van der Waals surface area (Å²) in [5.74, 6) is -0.103. The first-order valence-electron chi connectivity index (χ1n) is 10.9. The van der Waals surface area contributed by atoms with Gasteiger partial charge in [0.15, 0.2) is 5.78 Å². The van der Waals surface area contributed by atoms with Crippen LogP contribution in [0.3, 0.4) is 0 Å². The van der Waals surface area contributed by atoms with Gasteiger partial charge >= 0.3 is 0 Å². The van der Waals surface area contributed by atoms with Crippen LogP contribution in [0, 0.1) is 0 Å². The van der Waals surface area contributed by atoms with E-state index in [2.05, 4.69) is 31.2 Å². The van der Waals surface area contributed by atoms with E-state index in [0.717, 1.165) is 17.5 Å². The molecular weight excluding hydrogens is 344 g/mol. The van der Waals surface area contributed by atoms with E-state index in [1.165, 1.54) is 50.5 Å². The van der Waals surface area contributed by atoms with Gasteiger partial charge in [-0.3, -0.25) is 9.59 Å². The number of hydrogen-bond donors (Lipinski definition) is 0. The van der Waals surface area contributed by atoms with Gasteiger partial charge in [0.1, 0.15) is 5.78 Å². The molecule has 0 radical (unpaired) electrons. The molecule has 2 rings (SSSR count). The SMILES string of the molecule is CCCCCCCCCc1ccc(-c2ccc(C(=O)CC(=O)CC)cc2)cc1. The molecule has 0 spiro atoms. The molecule has 0 amide bonds. The zero-order chi connectivity index (χ0) is 20.2. The molecule has 150 valence electrons. The van der Waals surface area contributed by atoms with E-state index in [0.29, 0.717) is 12.0 Å². The van der Waals surface area contributed by atoms with Crippen molar-refractivity contribution in [2.24, 2.45) is 0 Å². The highest BCUT2D eigenvalue weighted by Crippen LogP contribution is 2.22. The van der Waals surface area contributed by atoms with E-state index in [4.69, 9.17) is 0 Å². The third-order valence-corrected chi connectivity index (χ3v) is 5.32. The minimum Gasteiger partial charge on any atom is -0.299 e. The Hall–Kier alpha value is -2.22. The van der Waals surface area contributed by atoms with Crippen LogP contribution in [-0.2, 0) is 11.2 Å². The maximum absolute atomic E-state index is 12.1. The number of carbonyl (C=O) groups excluding carboxylic acids is 2. The van der Waals surface area contributed by atoms with Crippen molar-refractivity contribution in [1.82, 2.24) is 0 Å². The Bertz CT molecular complexity index is 726. The van der Waals surface area contributed by atoms with Gasteiger partial charge in [-0.1, -0.05) is 101 Å². The zero-order valence-electron chi connectivity index (χ0n) is 17.5. The van der Waals surface area contributed by atoms with Crippen molar-refractivity contribution >= 4 is 11.6 Å². The Morgan fingerprint density at radius 1 is 0.679 bits per heavy atom. The van der Waals surface area contributed by atoms with Gasteiger partial charge in [-0.25, -0.2) is 0 Å². The lowest BCUT2D eigenvalue weighted by Crippen LogP contribution is -2.06. The largest absolute Gasteiger partial charge is 0.299 e. The highest BCUT2D eigenvalue weighted by Gasteiger charge is 2.10. The summed E-state index contributed by atoms with van der Waals surface area (Å²) in [6.45, 7) is 4.04. The molecule has 0 N–H and O–H groups in total. The molecule has 2 nitrogen and oxygen atoms in total. The highest BCUT2D eigenvalue weighted by atomic mass is 16.1. The second-order valence-corrected chi connectivity index (χ2v) is 7.64. The first kappa shape index (κ1) is 22.1. The lowest BCUT2D eigenvalue weighted by Gasteiger charge is -2.06. The summed E-state index contributed by atoms with van der Waals surface area (Å²) in [5.41, 5.74) is 4.26. The Balaban J connectivity index is 1.82. The maximum Gasteiger partial charge on any atom is 0.170 e. The lowest BCUT2D eigenvalue weighted by molar-refractivity contribution is -0.117. The van der Waals surface area contributed by atoms with Gasteiger partial charge in [0.2, 0.25) is 0 Å². The van der Waals surface area contributed by atoms with Crippen molar-refractivity contribution < 1.29 is 9.59 Å². The quantitative estimate of drug-likeness (QED) is 0.210. The fourth-order valence-electron chi connectivity index (χ4n) is 3.40. The Morgan fingerprint density at radius 2 is 1.21 bits per heavy atom. The first-order valence-corrected chi connectivity index (χ1v) is 10.9. The molecule has 0 atom stereocenters. The van der Waals surface area contributed by atoms with Crippen LogP contribution in [0.1, 0.15) is 87.6 Å². The molecule has 2 aromatic rings. The summed E-state index contributed by atoms with van der Waals surface area (Å²) >= 11 is 0. The predicted molar refractivity (Wildman–Crippen MR) is 118 cm³/mol. The number of ketones is 2. The van der Waals surface area contributed by atoms with Crippen molar-refractivity contribution in [1.29, 1.82) is 0 Å². The third kappa shape index (κ3) is 7.42. The fraction of sp³-hybridized carbons (Fsp3) is 0.462. The monoisotopic (exact) mass is 378 g/mol. The summed E-state index contributed by atoms with van der Waals surface area (Å²) in [4.78, 5) is 23.5. The van der Waals surface area contributed by atoms with E-state index >= 15 is 0 Å². The Labute approximate surface area is 170 Å². The smallest absolute Gasteiger partial charge is 0.170 e. The van der Waals surface area contributed by atoms with Crippen molar-refractivity contribution in [3.8, 4) is 11.1 Å². The minimum atomic E-state index is -0.0940. The molecule has 2 aromatic carbocycles. The number of benzene rings is 2. The van der Waals surface area contributed by atoms with Crippen LogP contribution in [0.4, 0.5) is 0 Å². The summed E-state index contributed by atoms with van der Waals surface area (Å²) in [7, 11) is 0. The number of carbonyl (C=O) groups is 2. The van der Waals surface area contributed by atoms with Crippen molar-refractivity contribution in [3.63, 3.8) is 0 Å². The minimum absolute atomic E-state index is 0.00312. The van der Waals surface area contributed by atoms with E-state index in [9.17, 15) is 9.59 Å². The lowest BCUT2D eigenvalue weighted by atomic mass is 9.98. The normalized spacial score (nSPS) is 10.8. The number of unbranched alkanes of at least 4 members (excludes halogenated alkanes) is 6. The average Bonchev–Trinajstić information content (AvgIpc) is 2.73. The number of Topliss-reactive ketones (excluding diaryl/α,β-unsaturated/α-hetero) is 2. The summed E-state index contributed by atoms with van der Waals surface area (Å²) in [6, 6.07) is 16.3. The van der Waals surface area contributed by atoms with Gasteiger partial charge in [-0.05, 0) is 29.5 Å². The van der Waals surface area contributed by atoms with Crippen molar-refractivity contribution in [2.45, 2.75) is 78.1 Å². The molecule has 0 saturated heterocycles. The van der Waals surface area contributed by atoms with Crippen LogP contribution in [0.15, 0.2) is 48.5 Å². The van der Waals surface area contributed by atoms with E-state index in [1.807, 2.05) is 24.3 Å². The molecule has 2 heteroatoms. The van der Waals surface area contributed by atoms with Crippen LogP contribution in [0.5, 0.6) is 0 Å². The Morgan fingerprint density at radius 3 is 1.79 bits per heavy atom. The second-order valence-electron chi connectivity index (χ2n) is 7.64. The molecule has 28 heavy (non-hydrogen) atoms. The topological polar surface area (TPSA) is 34.1 Å². The van der Waals surface area contributed by atoms with E-state index in [-0.39, 0.29) is 18.0 Å². The van der Waals surface area contributed by atoms with Gasteiger partial charge in [0, 0.05) is 12.0 Å². The summed E-state index contributed by atoms with van der Waals surface area (Å²) in [6.07, 6.45) is 10.9. The van der Waals surface area contributed by atoms with Crippen molar-refractivity contribution in [3.05, 3.63) is 59.7 Å². The molecule has 0 aliphatic rings. The van der Waals surface area contributed by atoms with Crippen LogP contribution >= 0.6 is 0 Å². The van der Waals surface area contributed by atoms with E-state index < -0.39 is 0 Å². The summed E-state index contributed by atoms with van der Waals surface area (Å²) < 4.78 is 0. The molecule has 0 heterocycles. The molecule has 0 fully saturated rings. The van der Waals surface area contributed by atoms with Gasteiger partial charge < -0.3 is 0 Å². The van der Waals surface area contributed by atoms with Gasteiger partial charge in [-0.2, -0.15) is 0 Å². The standard InChI is InChI=1S/C26H34O2/c1-3-5-6-7-8-9-10-11-21-12-14-22(15-13-21)23-16-18-24(19-17-23)26(28)20-25(27)4-2/h12-19H,3-11,20H2,1-2H3. The maximum atomic E-state index is 12.1. The fourth-order valence-corrected chi connectivity index (χ4v) is 3.40. The summed E-state index contributed by atoms with van der Waals surface area (Å²) in [5, 5.41) is 0. The molecule has 0 bridgehead atoms. The highest BCUT2D eigenvalue weighted by molar-refractivity contribution is 6.08. The second kappa shape index (κ2) is 12.3. The van der Waals surface area contributed by atoms with Crippen molar-refractivity contribution in [2.75, 3.05) is 0 Å². The molecule has 0 aliphatic carbocycles. The predicted octanol–water partition coefficient (Wildman–Crippen LogP) is 7.20. The number of aryl methyl sites for hydroxylation is 1. The van der Waals surface area contributed by atoms with Gasteiger partial charge in [0.25, 0.3) is 0 Å². The zero-order valence-corrected chi connectivity index (χ0v) is 17.5. The molecular formula is C26H34O2. The van der Waals surface area contributed by atoms with Crippen LogP contribution < -0.4 is 0 Å². The number of hydrogen-bond acceptors (Lipinski definition) is 2. The average molecular weight is 379 g/mol. The van der Waals surface area contributed by atoms with Gasteiger partial charge in [0.05, 0.1) is 6.42 Å². The number of rotatable bonds is 13. The van der Waals surface area contributed by atoms with Crippen LogP contribution in [0.2, 0.25) is 0 Å². The van der Waals surface area contributed by atoms with Crippen LogP contribution in [-0.4, -0.2) is 11.6 Å². The Kier molecular flexibility index (Phi) is 9.68. The first-order chi connectivity index (χ1) is 13.6. The molecule has 0 aliphatic heterocycles. The van der Waals surface area contributed by atoms with E-state index in [1.54, 1.807) is 6.92 Å². The van der Waals surface area contributed by atoms with Gasteiger partial charge in [-0.15, -0.1) is 0 Å².